The highest BCUT2D eigenvalue weighted by molar-refractivity contribution is 5.97. The fourth-order valence-corrected chi connectivity index (χ4v) is 2.16. The van der Waals surface area contributed by atoms with Gasteiger partial charge in [-0.2, -0.15) is 0 Å². The first-order valence-electron chi connectivity index (χ1n) is 7.17. The quantitative estimate of drug-likeness (QED) is 0.855. The van der Waals surface area contributed by atoms with Gasteiger partial charge in [0.05, 0.1) is 0 Å². The van der Waals surface area contributed by atoms with Crippen molar-refractivity contribution in [3.05, 3.63) is 12.2 Å². The second-order valence-corrected chi connectivity index (χ2v) is 6.10. The predicted molar refractivity (Wildman–Crippen MR) is 77.7 cm³/mol. The van der Waals surface area contributed by atoms with Gasteiger partial charge in [-0.15, -0.1) is 0 Å². The first-order chi connectivity index (χ1) is 9.71. The summed E-state index contributed by atoms with van der Waals surface area (Å²) < 4.78 is 10.9. The van der Waals surface area contributed by atoms with Gasteiger partial charge in [0.1, 0.15) is 11.6 Å². The molecule has 120 valence electrons. The third-order valence-corrected chi connectivity index (χ3v) is 3.06. The van der Waals surface area contributed by atoms with E-state index in [-0.39, 0.29) is 12.4 Å². The summed E-state index contributed by atoms with van der Waals surface area (Å²) in [4.78, 5) is 25.8. The Bertz CT molecular complexity index is 413. The molecule has 0 saturated carbocycles. The molecule has 1 aliphatic rings. The molecular formula is C15H25NO5. The molecule has 0 aromatic carbocycles. The lowest BCUT2D eigenvalue weighted by molar-refractivity contribution is -0.131. The monoisotopic (exact) mass is 299 g/mol. The highest BCUT2D eigenvalue weighted by atomic mass is 16.6. The van der Waals surface area contributed by atoms with E-state index in [1.165, 1.54) is 17.1 Å². The van der Waals surface area contributed by atoms with Crippen molar-refractivity contribution in [2.24, 2.45) is 5.92 Å². The van der Waals surface area contributed by atoms with Crippen LogP contribution in [0.1, 0.15) is 34.6 Å². The number of carbonyl (C=O) groups is 2. The Morgan fingerprint density at radius 2 is 2.10 bits per heavy atom. The molecule has 0 saturated heterocycles. The minimum atomic E-state index is -0.786. The molecule has 0 spiro atoms. The van der Waals surface area contributed by atoms with Crippen LogP contribution in [-0.2, 0) is 14.3 Å². The van der Waals surface area contributed by atoms with E-state index < -0.39 is 29.9 Å². The first kappa shape index (κ1) is 17.7. The minimum absolute atomic E-state index is 0.206. The number of aliphatic hydroxyl groups is 1. The van der Waals surface area contributed by atoms with Gasteiger partial charge in [-0.1, -0.05) is 6.92 Å². The van der Waals surface area contributed by atoms with Gasteiger partial charge < -0.3 is 14.6 Å². The molecule has 1 heterocycles. The van der Waals surface area contributed by atoms with Crippen LogP contribution in [0, 0.1) is 5.92 Å². The van der Waals surface area contributed by atoms with E-state index in [2.05, 4.69) is 0 Å². The van der Waals surface area contributed by atoms with E-state index in [0.717, 1.165) is 0 Å². The van der Waals surface area contributed by atoms with E-state index in [0.29, 0.717) is 6.61 Å². The van der Waals surface area contributed by atoms with Crippen LogP contribution in [0.4, 0.5) is 4.79 Å². The van der Waals surface area contributed by atoms with Crippen molar-refractivity contribution in [3.8, 4) is 0 Å². The van der Waals surface area contributed by atoms with Crippen LogP contribution in [-0.4, -0.2) is 53.0 Å². The molecule has 1 aliphatic heterocycles. The van der Waals surface area contributed by atoms with Crippen molar-refractivity contribution in [2.75, 3.05) is 13.2 Å². The van der Waals surface area contributed by atoms with Gasteiger partial charge in [-0.05, 0) is 39.8 Å². The van der Waals surface area contributed by atoms with Gasteiger partial charge in [0.15, 0.2) is 12.0 Å². The van der Waals surface area contributed by atoms with Gasteiger partial charge in [0, 0.05) is 19.1 Å². The topological polar surface area (TPSA) is 76.1 Å². The van der Waals surface area contributed by atoms with E-state index in [1.54, 1.807) is 27.7 Å². The van der Waals surface area contributed by atoms with Gasteiger partial charge in [0.2, 0.25) is 0 Å². The highest BCUT2D eigenvalue weighted by Gasteiger charge is 2.41. The van der Waals surface area contributed by atoms with Crippen LogP contribution >= 0.6 is 0 Å². The Morgan fingerprint density at radius 1 is 1.48 bits per heavy atom. The molecule has 1 amide bonds. The number of nitrogens with zero attached hydrogens (tertiary/aromatic N) is 1. The van der Waals surface area contributed by atoms with Gasteiger partial charge in [-0.25, -0.2) is 4.79 Å². The fourth-order valence-electron chi connectivity index (χ4n) is 2.16. The molecule has 6 nitrogen and oxygen atoms in total. The lowest BCUT2D eigenvalue weighted by Gasteiger charge is -2.40. The van der Waals surface area contributed by atoms with E-state index in [9.17, 15) is 14.7 Å². The number of rotatable bonds is 4. The van der Waals surface area contributed by atoms with E-state index >= 15 is 0 Å². The van der Waals surface area contributed by atoms with Crippen LogP contribution in [0.25, 0.3) is 0 Å². The number of carbonyl (C=O) groups excluding carboxylic acids is 2. The molecule has 0 aliphatic carbocycles. The molecule has 21 heavy (non-hydrogen) atoms. The molecule has 0 fully saturated rings. The average Bonchev–Trinajstić information content (AvgIpc) is 2.37. The third-order valence-electron chi connectivity index (χ3n) is 3.06. The molecule has 3 atom stereocenters. The summed E-state index contributed by atoms with van der Waals surface area (Å²) in [5.41, 5.74) is -0.676. The SMILES string of the molecule is CCOC1C=CC(=O)[C@@H]([C@@H](C)CO)N1C(=O)OC(C)(C)C. The molecule has 6 heteroatoms. The lowest BCUT2D eigenvalue weighted by Crippen LogP contribution is -2.57. The van der Waals surface area contributed by atoms with E-state index in [1.807, 2.05) is 6.92 Å². The molecule has 0 bridgehead atoms. The first-order valence-corrected chi connectivity index (χ1v) is 7.17. The zero-order valence-corrected chi connectivity index (χ0v) is 13.3. The number of ether oxygens (including phenoxy) is 2. The Hall–Kier alpha value is -1.40. The smallest absolute Gasteiger partial charge is 0.413 e. The van der Waals surface area contributed by atoms with Crippen LogP contribution in [0.2, 0.25) is 0 Å². The second kappa shape index (κ2) is 7.04. The summed E-state index contributed by atoms with van der Waals surface area (Å²) in [5.74, 6) is -0.642. The lowest BCUT2D eigenvalue weighted by atomic mass is 9.94. The van der Waals surface area contributed by atoms with Crippen molar-refractivity contribution in [2.45, 2.75) is 52.5 Å². The summed E-state index contributed by atoms with van der Waals surface area (Å²) >= 11 is 0. The number of amides is 1. The van der Waals surface area contributed by atoms with Gasteiger partial charge >= 0.3 is 6.09 Å². The summed E-state index contributed by atoms with van der Waals surface area (Å²) in [6.45, 7) is 8.97. The minimum Gasteiger partial charge on any atom is -0.444 e. The maximum atomic E-state index is 12.4. The number of ketones is 1. The zero-order chi connectivity index (χ0) is 16.2. The fraction of sp³-hybridized carbons (Fsp3) is 0.733. The second-order valence-electron chi connectivity index (χ2n) is 6.10. The normalized spacial score (nSPS) is 24.1. The van der Waals surface area contributed by atoms with Crippen molar-refractivity contribution in [1.29, 1.82) is 0 Å². The Kier molecular flexibility index (Phi) is 5.92. The van der Waals surface area contributed by atoms with Gasteiger partial charge in [0.25, 0.3) is 0 Å². The van der Waals surface area contributed by atoms with Crippen LogP contribution < -0.4 is 0 Å². The summed E-state index contributed by atoms with van der Waals surface area (Å²) in [7, 11) is 0. The van der Waals surface area contributed by atoms with E-state index in [4.69, 9.17) is 9.47 Å². The number of hydrogen-bond acceptors (Lipinski definition) is 5. The molecule has 0 aromatic heterocycles. The third kappa shape index (κ3) is 4.54. The van der Waals surface area contributed by atoms with Crippen LogP contribution in [0.3, 0.4) is 0 Å². The zero-order valence-electron chi connectivity index (χ0n) is 13.3. The highest BCUT2D eigenvalue weighted by Crippen LogP contribution is 2.24. The van der Waals surface area contributed by atoms with Crippen molar-refractivity contribution >= 4 is 11.9 Å². The van der Waals surface area contributed by atoms with Crippen molar-refractivity contribution in [1.82, 2.24) is 4.90 Å². The molecule has 1 N–H and O–H groups in total. The molecule has 0 radical (unpaired) electrons. The summed E-state index contributed by atoms with van der Waals surface area (Å²) in [5, 5.41) is 9.36. The largest absolute Gasteiger partial charge is 0.444 e. The van der Waals surface area contributed by atoms with Gasteiger partial charge in [-0.3, -0.25) is 9.69 Å². The molecular weight excluding hydrogens is 274 g/mol. The van der Waals surface area contributed by atoms with Crippen LogP contribution in [0.5, 0.6) is 0 Å². The van der Waals surface area contributed by atoms with Crippen molar-refractivity contribution in [3.63, 3.8) is 0 Å². The Morgan fingerprint density at radius 3 is 2.57 bits per heavy atom. The Balaban J connectivity index is 3.10. The maximum Gasteiger partial charge on any atom is 0.413 e. The summed E-state index contributed by atoms with van der Waals surface area (Å²) in [6.07, 6.45) is 1.65. The van der Waals surface area contributed by atoms with Crippen molar-refractivity contribution < 1.29 is 24.2 Å². The molecule has 1 rings (SSSR count). The summed E-state index contributed by atoms with van der Waals surface area (Å²) in [6, 6.07) is -0.786. The number of aliphatic hydroxyl groups excluding tert-OH is 1. The molecule has 1 unspecified atom stereocenters. The number of hydrogen-bond donors (Lipinski definition) is 1. The molecule has 0 aromatic rings. The standard InChI is InChI=1S/C15H25NO5/c1-6-20-12-8-7-11(18)13(10(2)9-17)16(12)14(19)21-15(3,4)5/h7-8,10,12-13,17H,6,9H2,1-5H3/t10-,12?,13+/m0/s1. The van der Waals surface area contributed by atoms with Crippen LogP contribution in [0.15, 0.2) is 12.2 Å². The Labute approximate surface area is 125 Å². The maximum absolute atomic E-state index is 12.4. The predicted octanol–water partition coefficient (Wildman–Crippen LogP) is 1.72. The average molecular weight is 299 g/mol.